The highest BCUT2D eigenvalue weighted by Gasteiger charge is 2.36. The van der Waals surface area contributed by atoms with Gasteiger partial charge in [0.05, 0.1) is 11.8 Å². The van der Waals surface area contributed by atoms with Crippen LogP contribution in [0.15, 0.2) is 0 Å². The summed E-state index contributed by atoms with van der Waals surface area (Å²) in [4.78, 5) is 14.3. The summed E-state index contributed by atoms with van der Waals surface area (Å²) in [6.45, 7) is 4.38. The van der Waals surface area contributed by atoms with Gasteiger partial charge >= 0.3 is 0 Å². The molecule has 7 heteroatoms. The molecule has 0 saturated carbocycles. The molecule has 2 N–H and O–H groups in total. The minimum atomic E-state index is -3.45. The average Bonchev–Trinajstić information content (AvgIpc) is 2.88. The maximum absolute atomic E-state index is 12.1. The molecule has 2 saturated heterocycles. The zero-order chi connectivity index (χ0) is 13.9. The van der Waals surface area contributed by atoms with E-state index in [1.165, 1.54) is 6.92 Å². The van der Waals surface area contributed by atoms with Crippen LogP contribution in [0.25, 0.3) is 0 Å². The highest BCUT2D eigenvalue weighted by atomic mass is 32.2. The largest absolute Gasteiger partial charge is 0.317 e. The van der Waals surface area contributed by atoms with Crippen molar-refractivity contribution >= 4 is 15.9 Å². The van der Waals surface area contributed by atoms with Gasteiger partial charge in [-0.3, -0.25) is 14.4 Å². The molecule has 2 aliphatic heterocycles. The third-order valence-electron chi connectivity index (χ3n) is 4.01. The van der Waals surface area contributed by atoms with E-state index < -0.39 is 10.0 Å². The number of likely N-dealkylation sites (tertiary alicyclic amines) is 1. The Balaban J connectivity index is 1.99. The molecule has 2 fully saturated rings. The predicted octanol–water partition coefficient (Wildman–Crippen LogP) is -0.331. The Kier molecular flexibility index (Phi) is 4.81. The number of carbonyl (C=O) groups excluding carboxylic acids is 1. The van der Waals surface area contributed by atoms with E-state index in [-0.39, 0.29) is 17.7 Å². The van der Waals surface area contributed by atoms with Gasteiger partial charge in [-0.15, -0.1) is 0 Å². The monoisotopic (exact) mass is 289 g/mol. The number of hydrogen-bond donors (Lipinski definition) is 2. The van der Waals surface area contributed by atoms with Crippen molar-refractivity contribution in [3.8, 4) is 0 Å². The van der Waals surface area contributed by atoms with E-state index in [1.807, 2.05) is 0 Å². The van der Waals surface area contributed by atoms with Crippen molar-refractivity contribution in [3.05, 3.63) is 0 Å². The number of sulfonamides is 1. The lowest BCUT2D eigenvalue weighted by atomic mass is 10.0. The quantitative estimate of drug-likeness (QED) is 0.741. The van der Waals surface area contributed by atoms with Gasteiger partial charge in [-0.2, -0.15) is 0 Å². The van der Waals surface area contributed by atoms with Gasteiger partial charge in [-0.25, -0.2) is 8.42 Å². The van der Waals surface area contributed by atoms with Crippen molar-refractivity contribution in [1.82, 2.24) is 14.9 Å². The van der Waals surface area contributed by atoms with Crippen molar-refractivity contribution in [1.29, 1.82) is 0 Å². The molecule has 0 radical (unpaired) electrons. The van der Waals surface area contributed by atoms with Crippen molar-refractivity contribution in [2.75, 3.05) is 25.4 Å². The molecule has 0 aromatic carbocycles. The molecular formula is C12H23N3O3S. The SMILES string of the molecule is CCS(=O)(=O)NC(=O)C1CCCN1C1CCNCC1. The number of carbonyl (C=O) groups is 1. The van der Waals surface area contributed by atoms with E-state index in [4.69, 9.17) is 0 Å². The van der Waals surface area contributed by atoms with E-state index >= 15 is 0 Å². The summed E-state index contributed by atoms with van der Waals surface area (Å²) in [7, 11) is -3.45. The first kappa shape index (κ1) is 14.7. The summed E-state index contributed by atoms with van der Waals surface area (Å²) >= 11 is 0. The Morgan fingerprint density at radius 1 is 1.32 bits per heavy atom. The highest BCUT2D eigenvalue weighted by molar-refractivity contribution is 7.90. The third-order valence-corrected chi connectivity index (χ3v) is 5.28. The topological polar surface area (TPSA) is 78.5 Å². The molecule has 2 aliphatic rings. The highest BCUT2D eigenvalue weighted by Crippen LogP contribution is 2.24. The molecule has 2 rings (SSSR count). The Bertz CT molecular complexity index is 418. The van der Waals surface area contributed by atoms with Crippen molar-refractivity contribution < 1.29 is 13.2 Å². The van der Waals surface area contributed by atoms with Gasteiger partial charge in [0.15, 0.2) is 0 Å². The van der Waals surface area contributed by atoms with Crippen LogP contribution >= 0.6 is 0 Å². The fraction of sp³-hybridized carbons (Fsp3) is 0.917. The van der Waals surface area contributed by atoms with Crippen LogP contribution in [-0.4, -0.2) is 56.7 Å². The van der Waals surface area contributed by atoms with Gasteiger partial charge in [-0.1, -0.05) is 0 Å². The lowest BCUT2D eigenvalue weighted by Gasteiger charge is -2.35. The second-order valence-electron chi connectivity index (χ2n) is 5.25. The summed E-state index contributed by atoms with van der Waals surface area (Å²) in [5, 5.41) is 3.31. The van der Waals surface area contributed by atoms with Crippen LogP contribution < -0.4 is 10.0 Å². The Morgan fingerprint density at radius 3 is 2.63 bits per heavy atom. The summed E-state index contributed by atoms with van der Waals surface area (Å²) in [6.07, 6.45) is 3.79. The van der Waals surface area contributed by atoms with Gasteiger partial charge in [0, 0.05) is 6.04 Å². The first-order valence-corrected chi connectivity index (χ1v) is 8.69. The normalized spacial score (nSPS) is 26.5. The number of nitrogens with one attached hydrogen (secondary N) is 2. The molecule has 1 atom stereocenters. The Labute approximate surface area is 115 Å². The number of nitrogens with zero attached hydrogens (tertiary/aromatic N) is 1. The molecule has 0 aromatic heterocycles. The van der Waals surface area contributed by atoms with Crippen molar-refractivity contribution in [3.63, 3.8) is 0 Å². The van der Waals surface area contributed by atoms with Crippen LogP contribution in [-0.2, 0) is 14.8 Å². The van der Waals surface area contributed by atoms with Gasteiger partial charge < -0.3 is 5.32 Å². The summed E-state index contributed by atoms with van der Waals surface area (Å²) in [5.74, 6) is -0.406. The minimum absolute atomic E-state index is 0.0567. The standard InChI is InChI=1S/C12H23N3O3S/c1-2-19(17,18)14-12(16)11-4-3-9-15(11)10-5-7-13-8-6-10/h10-11,13H,2-9H2,1H3,(H,14,16). The van der Waals surface area contributed by atoms with Crippen LogP contribution in [0.3, 0.4) is 0 Å². The third kappa shape index (κ3) is 3.67. The molecular weight excluding hydrogens is 266 g/mol. The van der Waals surface area contributed by atoms with Crippen LogP contribution in [0.4, 0.5) is 0 Å². The zero-order valence-corrected chi connectivity index (χ0v) is 12.2. The Morgan fingerprint density at radius 2 is 2.00 bits per heavy atom. The summed E-state index contributed by atoms with van der Waals surface area (Å²) < 4.78 is 25.2. The second kappa shape index (κ2) is 6.19. The fourth-order valence-electron chi connectivity index (χ4n) is 2.94. The lowest BCUT2D eigenvalue weighted by molar-refractivity contribution is -0.124. The van der Waals surface area contributed by atoms with Gasteiger partial charge in [-0.05, 0) is 52.2 Å². The number of hydrogen-bond acceptors (Lipinski definition) is 5. The molecule has 1 unspecified atom stereocenters. The van der Waals surface area contributed by atoms with Gasteiger partial charge in [0.2, 0.25) is 10.0 Å². The first-order valence-electron chi connectivity index (χ1n) is 7.04. The van der Waals surface area contributed by atoms with E-state index in [0.29, 0.717) is 6.04 Å². The molecule has 0 aromatic rings. The molecule has 0 aliphatic carbocycles. The van der Waals surface area contributed by atoms with Crippen LogP contribution in [0.5, 0.6) is 0 Å². The number of amides is 1. The van der Waals surface area contributed by atoms with Crippen molar-refractivity contribution in [2.45, 2.75) is 44.7 Å². The minimum Gasteiger partial charge on any atom is -0.317 e. The number of rotatable bonds is 4. The first-order chi connectivity index (χ1) is 9.03. The number of piperidine rings is 1. The summed E-state index contributed by atoms with van der Waals surface area (Å²) in [5.41, 5.74) is 0. The lowest BCUT2D eigenvalue weighted by Crippen LogP contribution is -2.51. The molecule has 2 heterocycles. The van der Waals surface area contributed by atoms with Gasteiger partial charge in [0.1, 0.15) is 0 Å². The van der Waals surface area contributed by atoms with Gasteiger partial charge in [0.25, 0.3) is 5.91 Å². The molecule has 1 amide bonds. The van der Waals surface area contributed by atoms with Crippen LogP contribution in [0, 0.1) is 0 Å². The average molecular weight is 289 g/mol. The maximum atomic E-state index is 12.1. The van der Waals surface area contributed by atoms with E-state index in [2.05, 4.69) is 14.9 Å². The zero-order valence-electron chi connectivity index (χ0n) is 11.4. The van der Waals surface area contributed by atoms with Crippen LogP contribution in [0.1, 0.15) is 32.6 Å². The molecule has 6 nitrogen and oxygen atoms in total. The smallest absolute Gasteiger partial charge is 0.250 e. The van der Waals surface area contributed by atoms with Crippen molar-refractivity contribution in [2.24, 2.45) is 0 Å². The fourth-order valence-corrected chi connectivity index (χ4v) is 3.53. The predicted molar refractivity (Wildman–Crippen MR) is 73.2 cm³/mol. The Hall–Kier alpha value is -0.660. The summed E-state index contributed by atoms with van der Waals surface area (Å²) in [6, 6.07) is 0.133. The molecule has 0 bridgehead atoms. The van der Waals surface area contributed by atoms with Crippen LogP contribution in [0.2, 0.25) is 0 Å². The molecule has 19 heavy (non-hydrogen) atoms. The van der Waals surface area contributed by atoms with E-state index in [1.54, 1.807) is 0 Å². The van der Waals surface area contributed by atoms with E-state index in [9.17, 15) is 13.2 Å². The second-order valence-corrected chi connectivity index (χ2v) is 7.26. The molecule has 0 spiro atoms. The van der Waals surface area contributed by atoms with E-state index in [0.717, 1.165) is 45.3 Å². The molecule has 110 valence electrons. The maximum Gasteiger partial charge on any atom is 0.250 e.